The lowest BCUT2D eigenvalue weighted by Crippen LogP contribution is -2.48. The molecule has 1 amide bonds. The molecule has 0 aliphatic heterocycles. The second-order valence-corrected chi connectivity index (χ2v) is 13.1. The summed E-state index contributed by atoms with van der Waals surface area (Å²) in [5.74, 6) is -0.513. The molecule has 0 aliphatic carbocycles. The highest BCUT2D eigenvalue weighted by Crippen LogP contribution is 2.15. The van der Waals surface area contributed by atoms with Crippen LogP contribution in [0, 0.1) is 0 Å². The molecule has 5 nitrogen and oxygen atoms in total. The van der Waals surface area contributed by atoms with Gasteiger partial charge in [-0.2, -0.15) is 0 Å². The number of aliphatic hydroxyl groups excluding tert-OH is 3. The van der Waals surface area contributed by atoms with Gasteiger partial charge in [-0.05, 0) is 32.1 Å². The van der Waals surface area contributed by atoms with Crippen molar-refractivity contribution in [3.63, 3.8) is 0 Å². The van der Waals surface area contributed by atoms with E-state index in [1.54, 1.807) is 6.08 Å². The Kier molecular flexibility index (Phi) is 33.8. The summed E-state index contributed by atoms with van der Waals surface area (Å²) in [5, 5.41) is 32.9. The number of amides is 1. The largest absolute Gasteiger partial charge is 0.394 e. The van der Waals surface area contributed by atoms with Crippen molar-refractivity contribution in [1.82, 2.24) is 5.32 Å². The third kappa shape index (κ3) is 29.5. The molecule has 0 bridgehead atoms. The molecule has 0 saturated carbocycles. The fourth-order valence-electron chi connectivity index (χ4n) is 5.73. The Morgan fingerprint density at radius 1 is 0.545 bits per heavy atom. The van der Waals surface area contributed by atoms with Crippen LogP contribution in [0.25, 0.3) is 0 Å². The van der Waals surface area contributed by atoms with Crippen molar-refractivity contribution in [2.24, 2.45) is 0 Å². The molecule has 260 valence electrons. The number of hydrogen-bond acceptors (Lipinski definition) is 4. The Morgan fingerprint density at radius 2 is 0.932 bits per heavy atom. The van der Waals surface area contributed by atoms with Crippen LogP contribution >= 0.6 is 0 Å². The van der Waals surface area contributed by atoms with E-state index in [2.05, 4.69) is 31.3 Å². The van der Waals surface area contributed by atoms with Crippen molar-refractivity contribution >= 4 is 5.91 Å². The highest BCUT2D eigenvalue weighted by atomic mass is 16.3. The van der Waals surface area contributed by atoms with Crippen molar-refractivity contribution in [1.29, 1.82) is 0 Å². The van der Waals surface area contributed by atoms with Gasteiger partial charge in [-0.25, -0.2) is 0 Å². The Morgan fingerprint density at radius 3 is 1.39 bits per heavy atom. The summed E-state index contributed by atoms with van der Waals surface area (Å²) < 4.78 is 0. The quantitative estimate of drug-likeness (QED) is 0.0425. The Labute approximate surface area is 273 Å². The van der Waals surface area contributed by atoms with Crippen LogP contribution in [-0.2, 0) is 4.79 Å². The summed E-state index contributed by atoms with van der Waals surface area (Å²) in [6, 6.07) is -0.808. The number of allylic oxidation sites excluding steroid dienone is 3. The third-order valence-electron chi connectivity index (χ3n) is 8.79. The molecule has 3 atom stereocenters. The lowest BCUT2D eigenvalue weighted by molar-refractivity contribution is -0.131. The van der Waals surface area contributed by atoms with E-state index in [1.165, 1.54) is 135 Å². The average molecular weight is 622 g/mol. The monoisotopic (exact) mass is 622 g/mol. The normalized spacial score (nSPS) is 14.0. The van der Waals surface area contributed by atoms with E-state index in [4.69, 9.17) is 0 Å². The van der Waals surface area contributed by atoms with Crippen LogP contribution in [0.5, 0.6) is 0 Å². The zero-order chi connectivity index (χ0) is 32.4. The molecule has 44 heavy (non-hydrogen) atoms. The summed E-state index contributed by atoms with van der Waals surface area (Å²) >= 11 is 0. The van der Waals surface area contributed by atoms with E-state index in [0.717, 1.165) is 38.5 Å². The van der Waals surface area contributed by atoms with E-state index in [9.17, 15) is 20.1 Å². The number of unbranched alkanes of at least 4 members (excludes halogenated alkanes) is 24. The van der Waals surface area contributed by atoms with Crippen LogP contribution in [-0.4, -0.2) is 46.1 Å². The molecule has 4 N–H and O–H groups in total. The Balaban J connectivity index is 3.72. The number of nitrogens with one attached hydrogen (secondary N) is 1. The van der Waals surface area contributed by atoms with Crippen molar-refractivity contribution in [2.75, 3.05) is 6.61 Å². The minimum atomic E-state index is -1.10. The van der Waals surface area contributed by atoms with E-state index in [-0.39, 0.29) is 6.61 Å². The Bertz CT molecular complexity index is 650. The van der Waals surface area contributed by atoms with Gasteiger partial charge in [0, 0.05) is 0 Å². The van der Waals surface area contributed by atoms with Gasteiger partial charge in [-0.15, -0.1) is 0 Å². The van der Waals surface area contributed by atoms with Gasteiger partial charge in [0.05, 0.1) is 18.8 Å². The standard InChI is InChI=1S/C39H75NO4/c1-3-5-7-9-11-13-15-17-18-19-20-21-22-24-26-28-30-32-34-38(43)39(44)40-36(35-41)37(42)33-31-29-27-25-23-16-14-12-10-8-6-4-2/h23,25,31,33,36-38,41-43H,3-22,24,26-30,32,34-35H2,1-2H3,(H,40,44)/b25-23+,33-31+. The van der Waals surface area contributed by atoms with Crippen LogP contribution in [0.3, 0.4) is 0 Å². The van der Waals surface area contributed by atoms with E-state index < -0.39 is 24.2 Å². The molecule has 0 radical (unpaired) electrons. The van der Waals surface area contributed by atoms with Gasteiger partial charge in [0.1, 0.15) is 6.10 Å². The van der Waals surface area contributed by atoms with Crippen molar-refractivity contribution in [3.05, 3.63) is 24.3 Å². The summed E-state index contributed by atoms with van der Waals surface area (Å²) in [4.78, 5) is 12.4. The maximum absolute atomic E-state index is 12.4. The molecular formula is C39H75NO4. The van der Waals surface area contributed by atoms with Crippen molar-refractivity contribution in [2.45, 2.75) is 212 Å². The number of carbonyl (C=O) groups excluding carboxylic acids is 1. The summed E-state index contributed by atoms with van der Waals surface area (Å²) in [6.07, 6.45) is 40.5. The van der Waals surface area contributed by atoms with E-state index in [1.807, 2.05) is 6.08 Å². The van der Waals surface area contributed by atoms with E-state index in [0.29, 0.717) is 6.42 Å². The second kappa shape index (κ2) is 34.7. The second-order valence-electron chi connectivity index (χ2n) is 13.1. The molecule has 0 aliphatic rings. The van der Waals surface area contributed by atoms with Gasteiger partial charge < -0.3 is 20.6 Å². The molecule has 5 heteroatoms. The predicted octanol–water partition coefficient (Wildman–Crippen LogP) is 10.3. The molecule has 0 aromatic rings. The fraction of sp³-hybridized carbons (Fsp3) is 0.872. The summed E-state index contributed by atoms with van der Waals surface area (Å²) in [7, 11) is 0. The van der Waals surface area contributed by atoms with Crippen LogP contribution in [0.2, 0.25) is 0 Å². The number of carbonyl (C=O) groups is 1. The topological polar surface area (TPSA) is 89.8 Å². The predicted molar refractivity (Wildman–Crippen MR) is 190 cm³/mol. The zero-order valence-corrected chi connectivity index (χ0v) is 29.3. The lowest BCUT2D eigenvalue weighted by Gasteiger charge is -2.21. The fourth-order valence-corrected chi connectivity index (χ4v) is 5.73. The van der Waals surface area contributed by atoms with Crippen LogP contribution < -0.4 is 5.32 Å². The smallest absolute Gasteiger partial charge is 0.249 e. The zero-order valence-electron chi connectivity index (χ0n) is 29.3. The molecule has 3 unspecified atom stereocenters. The van der Waals surface area contributed by atoms with Crippen molar-refractivity contribution < 1.29 is 20.1 Å². The first-order valence-corrected chi connectivity index (χ1v) is 19.2. The maximum atomic E-state index is 12.4. The molecular weight excluding hydrogens is 546 g/mol. The number of aliphatic hydroxyl groups is 3. The van der Waals surface area contributed by atoms with Gasteiger partial charge >= 0.3 is 0 Å². The average Bonchev–Trinajstić information content (AvgIpc) is 3.03. The van der Waals surface area contributed by atoms with Gasteiger partial charge in [-0.3, -0.25) is 4.79 Å². The molecule has 0 heterocycles. The van der Waals surface area contributed by atoms with Crippen molar-refractivity contribution in [3.8, 4) is 0 Å². The summed E-state index contributed by atoms with van der Waals surface area (Å²) in [6.45, 7) is 4.14. The molecule has 0 spiro atoms. The molecule has 0 fully saturated rings. The summed E-state index contributed by atoms with van der Waals surface area (Å²) in [5.41, 5.74) is 0. The van der Waals surface area contributed by atoms with Crippen LogP contribution in [0.4, 0.5) is 0 Å². The number of rotatable bonds is 34. The third-order valence-corrected chi connectivity index (χ3v) is 8.79. The van der Waals surface area contributed by atoms with Gasteiger partial charge in [0.15, 0.2) is 0 Å². The van der Waals surface area contributed by atoms with Gasteiger partial charge in [0.2, 0.25) is 5.91 Å². The SMILES string of the molecule is CCCCCCCC/C=C/CC/C=C/C(O)C(CO)NC(=O)C(O)CCCCCCCCCCCCCCCCCCCC. The minimum absolute atomic E-state index is 0.374. The Hall–Kier alpha value is -1.17. The first kappa shape index (κ1) is 42.8. The van der Waals surface area contributed by atoms with E-state index >= 15 is 0 Å². The highest BCUT2D eigenvalue weighted by molar-refractivity contribution is 5.80. The molecule has 0 saturated heterocycles. The highest BCUT2D eigenvalue weighted by Gasteiger charge is 2.22. The molecule has 0 aromatic heterocycles. The first-order chi connectivity index (χ1) is 21.6. The maximum Gasteiger partial charge on any atom is 0.249 e. The lowest BCUT2D eigenvalue weighted by atomic mass is 10.0. The van der Waals surface area contributed by atoms with Crippen LogP contribution in [0.1, 0.15) is 194 Å². The van der Waals surface area contributed by atoms with Gasteiger partial charge in [0.25, 0.3) is 0 Å². The number of hydrogen-bond donors (Lipinski definition) is 4. The first-order valence-electron chi connectivity index (χ1n) is 19.2. The van der Waals surface area contributed by atoms with Gasteiger partial charge in [-0.1, -0.05) is 186 Å². The van der Waals surface area contributed by atoms with Crippen LogP contribution in [0.15, 0.2) is 24.3 Å². The molecule has 0 aromatic carbocycles. The molecule has 0 rings (SSSR count). The minimum Gasteiger partial charge on any atom is -0.394 e.